The Morgan fingerprint density at radius 1 is 1.00 bits per heavy atom. The summed E-state index contributed by atoms with van der Waals surface area (Å²) in [5, 5.41) is 0. The van der Waals surface area contributed by atoms with Gasteiger partial charge < -0.3 is 9.32 Å². The smallest absolute Gasteiger partial charge is 0.253 e. The molecule has 4 heteroatoms. The van der Waals surface area contributed by atoms with E-state index in [-0.39, 0.29) is 5.91 Å². The molecule has 3 aromatic rings. The molecule has 0 radical (unpaired) electrons. The van der Waals surface area contributed by atoms with E-state index in [9.17, 15) is 4.79 Å². The standard InChI is InChI=1S/C30H38N2O2/c1-21(2)16-32(30(33)25-12-7-6-8-13-25)18-26-17-31(19-27-15-23(4)24(5)34-27)20-29(26)28-14-10-9-11-22(28)3/h6-15,21,26,29H,16-20H2,1-5H3. The van der Waals surface area contributed by atoms with Crippen molar-refractivity contribution >= 4 is 5.91 Å². The number of nitrogens with zero attached hydrogens (tertiary/aromatic N) is 2. The lowest BCUT2D eigenvalue weighted by Gasteiger charge is -2.30. The van der Waals surface area contributed by atoms with Crippen LogP contribution >= 0.6 is 0 Å². The third kappa shape index (κ3) is 5.61. The maximum absolute atomic E-state index is 13.5. The molecule has 0 aliphatic carbocycles. The molecule has 2 atom stereocenters. The van der Waals surface area contributed by atoms with Crippen LogP contribution in [0, 0.1) is 32.6 Å². The van der Waals surface area contributed by atoms with Gasteiger partial charge in [0, 0.05) is 37.7 Å². The Morgan fingerprint density at radius 3 is 2.35 bits per heavy atom. The second kappa shape index (κ2) is 10.6. The summed E-state index contributed by atoms with van der Waals surface area (Å²) in [6.45, 7) is 15.0. The molecular formula is C30H38N2O2. The van der Waals surface area contributed by atoms with Crippen molar-refractivity contribution in [3.05, 3.63) is 94.4 Å². The zero-order chi connectivity index (χ0) is 24.2. The molecule has 2 heterocycles. The highest BCUT2D eigenvalue weighted by molar-refractivity contribution is 5.94. The maximum atomic E-state index is 13.5. The molecule has 1 amide bonds. The van der Waals surface area contributed by atoms with Crippen LogP contribution in [0.25, 0.3) is 0 Å². The van der Waals surface area contributed by atoms with Crippen molar-refractivity contribution in [3.8, 4) is 0 Å². The average Bonchev–Trinajstić information content (AvgIpc) is 3.35. The van der Waals surface area contributed by atoms with Crippen molar-refractivity contribution in [3.63, 3.8) is 0 Å². The zero-order valence-corrected chi connectivity index (χ0v) is 21.3. The Labute approximate surface area is 204 Å². The van der Waals surface area contributed by atoms with Gasteiger partial charge in [-0.15, -0.1) is 0 Å². The maximum Gasteiger partial charge on any atom is 0.253 e. The predicted octanol–water partition coefficient (Wildman–Crippen LogP) is 6.22. The predicted molar refractivity (Wildman–Crippen MR) is 138 cm³/mol. The first-order valence-corrected chi connectivity index (χ1v) is 12.5. The molecule has 0 saturated carbocycles. The van der Waals surface area contributed by atoms with E-state index in [0.29, 0.717) is 17.8 Å². The van der Waals surface area contributed by atoms with Gasteiger partial charge in [0.05, 0.1) is 6.54 Å². The Morgan fingerprint density at radius 2 is 1.71 bits per heavy atom. The van der Waals surface area contributed by atoms with Gasteiger partial charge in [0.25, 0.3) is 5.91 Å². The van der Waals surface area contributed by atoms with Crippen molar-refractivity contribution in [2.24, 2.45) is 11.8 Å². The molecular weight excluding hydrogens is 420 g/mol. The molecule has 0 bridgehead atoms. The molecule has 1 aliphatic heterocycles. The molecule has 2 unspecified atom stereocenters. The van der Waals surface area contributed by atoms with Gasteiger partial charge in [-0.1, -0.05) is 56.3 Å². The average molecular weight is 459 g/mol. The number of likely N-dealkylation sites (tertiary alicyclic amines) is 1. The van der Waals surface area contributed by atoms with Crippen LogP contribution < -0.4 is 0 Å². The number of carbonyl (C=O) groups is 1. The monoisotopic (exact) mass is 458 g/mol. The van der Waals surface area contributed by atoms with Gasteiger partial charge in [-0.3, -0.25) is 9.69 Å². The Hall–Kier alpha value is -2.85. The van der Waals surface area contributed by atoms with Gasteiger partial charge >= 0.3 is 0 Å². The van der Waals surface area contributed by atoms with Crippen molar-refractivity contribution < 1.29 is 9.21 Å². The number of hydrogen-bond acceptors (Lipinski definition) is 3. The fourth-order valence-corrected chi connectivity index (χ4v) is 5.31. The lowest BCUT2D eigenvalue weighted by molar-refractivity contribution is 0.0703. The molecule has 4 nitrogen and oxygen atoms in total. The summed E-state index contributed by atoms with van der Waals surface area (Å²) >= 11 is 0. The second-order valence-corrected chi connectivity index (χ2v) is 10.3. The zero-order valence-electron chi connectivity index (χ0n) is 21.3. The highest BCUT2D eigenvalue weighted by atomic mass is 16.3. The van der Waals surface area contributed by atoms with Crippen LogP contribution in [-0.4, -0.2) is 41.9 Å². The van der Waals surface area contributed by atoms with E-state index in [1.807, 2.05) is 37.3 Å². The molecule has 0 spiro atoms. The molecule has 1 saturated heterocycles. The highest BCUT2D eigenvalue weighted by Gasteiger charge is 2.37. The first-order valence-electron chi connectivity index (χ1n) is 12.5. The van der Waals surface area contributed by atoms with E-state index >= 15 is 0 Å². The normalized spacial score (nSPS) is 18.5. The van der Waals surface area contributed by atoms with Crippen molar-refractivity contribution in [1.82, 2.24) is 9.80 Å². The Kier molecular flexibility index (Phi) is 7.57. The molecule has 1 aromatic heterocycles. The quantitative estimate of drug-likeness (QED) is 0.402. The number of hydrogen-bond donors (Lipinski definition) is 0. The number of amides is 1. The van der Waals surface area contributed by atoms with E-state index in [1.165, 1.54) is 16.7 Å². The van der Waals surface area contributed by atoms with Crippen molar-refractivity contribution in [2.45, 2.75) is 47.1 Å². The lowest BCUT2D eigenvalue weighted by atomic mass is 9.86. The summed E-state index contributed by atoms with van der Waals surface area (Å²) in [5.74, 6) is 3.32. The minimum absolute atomic E-state index is 0.133. The largest absolute Gasteiger partial charge is 0.465 e. The SMILES string of the molecule is Cc1ccccc1C1CN(Cc2cc(C)c(C)o2)CC1CN(CC(C)C)C(=O)c1ccccc1. The summed E-state index contributed by atoms with van der Waals surface area (Å²) in [6.07, 6.45) is 0. The summed E-state index contributed by atoms with van der Waals surface area (Å²) in [5.41, 5.74) is 4.71. The molecule has 4 rings (SSSR count). The Bertz CT molecular complexity index is 1080. The van der Waals surface area contributed by atoms with Crippen molar-refractivity contribution in [2.75, 3.05) is 26.2 Å². The first-order chi connectivity index (χ1) is 16.3. The summed E-state index contributed by atoms with van der Waals surface area (Å²) in [6, 6.07) is 20.6. The highest BCUT2D eigenvalue weighted by Crippen LogP contribution is 2.36. The fourth-order valence-electron chi connectivity index (χ4n) is 5.31. The molecule has 2 aromatic carbocycles. The van der Waals surface area contributed by atoms with Gasteiger partial charge in [0.15, 0.2) is 0 Å². The Balaban J connectivity index is 1.59. The van der Waals surface area contributed by atoms with E-state index in [0.717, 1.165) is 49.8 Å². The fraction of sp³-hybridized carbons (Fsp3) is 0.433. The number of rotatable bonds is 8. The van der Waals surface area contributed by atoms with Crippen LogP contribution in [0.2, 0.25) is 0 Å². The minimum atomic E-state index is 0.133. The third-order valence-corrected chi connectivity index (χ3v) is 7.05. The number of furan rings is 1. The molecule has 1 aliphatic rings. The van der Waals surface area contributed by atoms with Crippen LogP contribution in [-0.2, 0) is 6.54 Å². The van der Waals surface area contributed by atoms with Gasteiger partial charge in [0.2, 0.25) is 0 Å². The molecule has 180 valence electrons. The summed E-state index contributed by atoms with van der Waals surface area (Å²) in [4.78, 5) is 18.1. The van der Waals surface area contributed by atoms with Gasteiger partial charge in [0.1, 0.15) is 11.5 Å². The van der Waals surface area contributed by atoms with Gasteiger partial charge in [-0.2, -0.15) is 0 Å². The number of aryl methyl sites for hydroxylation is 3. The van der Waals surface area contributed by atoms with E-state index in [4.69, 9.17) is 4.42 Å². The summed E-state index contributed by atoms with van der Waals surface area (Å²) < 4.78 is 6.00. The summed E-state index contributed by atoms with van der Waals surface area (Å²) in [7, 11) is 0. The topological polar surface area (TPSA) is 36.7 Å². The molecule has 34 heavy (non-hydrogen) atoms. The van der Waals surface area contributed by atoms with Gasteiger partial charge in [-0.05, 0) is 67.5 Å². The van der Waals surface area contributed by atoms with Crippen LogP contribution in [0.1, 0.15) is 58.3 Å². The van der Waals surface area contributed by atoms with E-state index < -0.39 is 0 Å². The number of benzene rings is 2. The van der Waals surface area contributed by atoms with Crippen LogP contribution in [0.15, 0.2) is 65.1 Å². The second-order valence-electron chi connectivity index (χ2n) is 10.3. The minimum Gasteiger partial charge on any atom is -0.465 e. The van der Waals surface area contributed by atoms with Crippen LogP contribution in [0.5, 0.6) is 0 Å². The van der Waals surface area contributed by atoms with Gasteiger partial charge in [-0.25, -0.2) is 0 Å². The van der Waals surface area contributed by atoms with E-state index in [2.05, 4.69) is 67.8 Å². The van der Waals surface area contributed by atoms with Crippen molar-refractivity contribution in [1.29, 1.82) is 0 Å². The lowest BCUT2D eigenvalue weighted by Crippen LogP contribution is -2.39. The molecule has 0 N–H and O–H groups in total. The number of carbonyl (C=O) groups excluding carboxylic acids is 1. The third-order valence-electron chi connectivity index (χ3n) is 7.05. The van der Waals surface area contributed by atoms with Crippen LogP contribution in [0.4, 0.5) is 0 Å². The molecule has 1 fully saturated rings. The first kappa shape index (κ1) is 24.3. The van der Waals surface area contributed by atoms with Crippen LogP contribution in [0.3, 0.4) is 0 Å². The van der Waals surface area contributed by atoms with E-state index in [1.54, 1.807) is 0 Å².